The van der Waals surface area contributed by atoms with Crippen molar-refractivity contribution in [3.8, 4) is 0 Å². The highest BCUT2D eigenvalue weighted by atomic mass is 15.4. The molecule has 4 heterocycles. The molecule has 0 bridgehead atoms. The highest BCUT2D eigenvalue weighted by molar-refractivity contribution is 5.51. The number of nitrogens with zero attached hydrogens (tertiary/aromatic N) is 5. The van der Waals surface area contributed by atoms with Crippen molar-refractivity contribution in [2.45, 2.75) is 26.3 Å². The average Bonchev–Trinajstić information content (AvgIpc) is 3.06. The van der Waals surface area contributed by atoms with E-state index in [4.69, 9.17) is 0 Å². The maximum Gasteiger partial charge on any atom is 0.254 e. The van der Waals surface area contributed by atoms with Crippen molar-refractivity contribution in [1.82, 2.24) is 24.9 Å². The predicted molar refractivity (Wildman–Crippen MR) is 76.8 cm³/mol. The molecular formula is C14H20N6. The van der Waals surface area contributed by atoms with Gasteiger partial charge in [0.15, 0.2) is 0 Å². The summed E-state index contributed by atoms with van der Waals surface area (Å²) in [6.45, 7) is 9.99. The van der Waals surface area contributed by atoms with Gasteiger partial charge >= 0.3 is 0 Å². The van der Waals surface area contributed by atoms with Crippen LogP contribution in [-0.4, -0.2) is 44.8 Å². The first-order valence-corrected chi connectivity index (χ1v) is 7.23. The van der Waals surface area contributed by atoms with Gasteiger partial charge in [-0.3, -0.25) is 0 Å². The van der Waals surface area contributed by atoms with E-state index in [-0.39, 0.29) is 5.54 Å². The minimum Gasteiger partial charge on any atom is -0.351 e. The number of aryl methyl sites for hydroxylation is 1. The topological polar surface area (TPSA) is 58.4 Å². The van der Waals surface area contributed by atoms with Gasteiger partial charge in [0, 0.05) is 36.9 Å². The first-order chi connectivity index (χ1) is 9.57. The van der Waals surface area contributed by atoms with Crippen LogP contribution in [-0.2, 0) is 0 Å². The number of fused-ring (bicyclic) bond motifs is 2. The number of anilines is 1. The minimum absolute atomic E-state index is 0.126. The van der Waals surface area contributed by atoms with E-state index in [1.165, 1.54) is 0 Å². The molecule has 0 aromatic carbocycles. The molecule has 2 aliphatic heterocycles. The smallest absolute Gasteiger partial charge is 0.254 e. The molecule has 2 aromatic heterocycles. The van der Waals surface area contributed by atoms with Crippen molar-refractivity contribution in [1.29, 1.82) is 0 Å². The third kappa shape index (κ3) is 1.51. The molecule has 2 unspecified atom stereocenters. The summed E-state index contributed by atoms with van der Waals surface area (Å²) in [5.74, 6) is 3.21. The Morgan fingerprint density at radius 1 is 1.35 bits per heavy atom. The molecular weight excluding hydrogens is 252 g/mol. The summed E-state index contributed by atoms with van der Waals surface area (Å²) in [6.07, 6.45) is 1.58. The monoisotopic (exact) mass is 272 g/mol. The van der Waals surface area contributed by atoms with Crippen molar-refractivity contribution in [3.63, 3.8) is 0 Å². The van der Waals surface area contributed by atoms with Crippen LogP contribution in [0.2, 0.25) is 0 Å². The standard InChI is InChI=1S/C14H20N6/c1-9-4-12(20-13(18-9)16-8-17-20)19-7-10-5-15-6-11(10)14(19,2)3/h4,8,10-11,15H,5-7H2,1-3H3. The van der Waals surface area contributed by atoms with E-state index in [0.29, 0.717) is 11.7 Å². The van der Waals surface area contributed by atoms with E-state index in [1.807, 2.05) is 11.4 Å². The van der Waals surface area contributed by atoms with Crippen LogP contribution in [0.5, 0.6) is 0 Å². The molecule has 6 nitrogen and oxygen atoms in total. The molecule has 4 rings (SSSR count). The Balaban J connectivity index is 1.85. The Morgan fingerprint density at radius 2 is 2.20 bits per heavy atom. The van der Waals surface area contributed by atoms with Crippen LogP contribution in [0, 0.1) is 18.8 Å². The summed E-state index contributed by atoms with van der Waals surface area (Å²) in [6, 6.07) is 2.12. The van der Waals surface area contributed by atoms with Gasteiger partial charge in [-0.2, -0.15) is 14.6 Å². The maximum atomic E-state index is 4.44. The third-order valence-corrected chi connectivity index (χ3v) is 5.00. The summed E-state index contributed by atoms with van der Waals surface area (Å²) in [7, 11) is 0. The molecule has 0 saturated carbocycles. The maximum absolute atomic E-state index is 4.44. The summed E-state index contributed by atoms with van der Waals surface area (Å²) in [4.78, 5) is 11.2. The Hall–Kier alpha value is -1.69. The number of aromatic nitrogens is 4. The average molecular weight is 272 g/mol. The van der Waals surface area contributed by atoms with E-state index in [0.717, 1.165) is 37.1 Å². The number of hydrogen-bond acceptors (Lipinski definition) is 5. The zero-order valence-electron chi connectivity index (χ0n) is 12.2. The molecule has 2 fully saturated rings. The summed E-state index contributed by atoms with van der Waals surface area (Å²) >= 11 is 0. The van der Waals surface area contributed by atoms with Crippen LogP contribution in [0.3, 0.4) is 0 Å². The second-order valence-corrected chi connectivity index (χ2v) is 6.52. The molecule has 2 atom stereocenters. The molecule has 2 saturated heterocycles. The molecule has 1 N–H and O–H groups in total. The second-order valence-electron chi connectivity index (χ2n) is 6.52. The van der Waals surface area contributed by atoms with Crippen LogP contribution >= 0.6 is 0 Å². The van der Waals surface area contributed by atoms with Crippen molar-refractivity contribution in [2.75, 3.05) is 24.5 Å². The van der Waals surface area contributed by atoms with Gasteiger partial charge in [-0.15, -0.1) is 0 Å². The minimum atomic E-state index is 0.126. The highest BCUT2D eigenvalue weighted by Gasteiger charge is 2.50. The quantitative estimate of drug-likeness (QED) is 0.834. The molecule has 0 spiro atoms. The predicted octanol–water partition coefficient (Wildman–Crippen LogP) is 0.867. The first kappa shape index (κ1) is 12.1. The van der Waals surface area contributed by atoms with Crippen LogP contribution in [0.1, 0.15) is 19.5 Å². The molecule has 106 valence electrons. The van der Waals surface area contributed by atoms with Crippen molar-refractivity contribution in [3.05, 3.63) is 18.1 Å². The van der Waals surface area contributed by atoms with Crippen LogP contribution in [0.25, 0.3) is 5.78 Å². The Morgan fingerprint density at radius 3 is 3.00 bits per heavy atom. The lowest BCUT2D eigenvalue weighted by Crippen LogP contribution is -2.45. The van der Waals surface area contributed by atoms with E-state index < -0.39 is 0 Å². The highest BCUT2D eigenvalue weighted by Crippen LogP contribution is 2.43. The van der Waals surface area contributed by atoms with Gasteiger partial charge in [-0.05, 0) is 32.6 Å². The first-order valence-electron chi connectivity index (χ1n) is 7.23. The largest absolute Gasteiger partial charge is 0.351 e. The molecule has 0 radical (unpaired) electrons. The Bertz CT molecular complexity index is 661. The van der Waals surface area contributed by atoms with Crippen molar-refractivity contribution in [2.24, 2.45) is 11.8 Å². The van der Waals surface area contributed by atoms with Gasteiger partial charge in [-0.1, -0.05) is 0 Å². The SMILES string of the molecule is Cc1cc(N2CC3CNCC3C2(C)C)n2ncnc2n1. The van der Waals surface area contributed by atoms with Gasteiger partial charge in [0.05, 0.1) is 0 Å². The van der Waals surface area contributed by atoms with E-state index in [1.54, 1.807) is 6.33 Å². The zero-order valence-corrected chi connectivity index (χ0v) is 12.2. The van der Waals surface area contributed by atoms with Gasteiger partial charge < -0.3 is 10.2 Å². The van der Waals surface area contributed by atoms with Crippen LogP contribution < -0.4 is 10.2 Å². The van der Waals surface area contributed by atoms with Crippen LogP contribution in [0.4, 0.5) is 5.82 Å². The van der Waals surface area contributed by atoms with E-state index in [2.05, 4.69) is 45.2 Å². The molecule has 20 heavy (non-hydrogen) atoms. The lowest BCUT2D eigenvalue weighted by atomic mass is 9.85. The van der Waals surface area contributed by atoms with E-state index >= 15 is 0 Å². The number of hydrogen-bond donors (Lipinski definition) is 1. The molecule has 0 amide bonds. The fourth-order valence-corrected chi connectivity index (χ4v) is 3.91. The lowest BCUT2D eigenvalue weighted by Gasteiger charge is -2.37. The number of rotatable bonds is 1. The number of nitrogens with one attached hydrogen (secondary N) is 1. The second kappa shape index (κ2) is 3.91. The third-order valence-electron chi connectivity index (χ3n) is 5.00. The molecule has 2 aromatic rings. The van der Waals surface area contributed by atoms with Gasteiger partial charge in [0.25, 0.3) is 5.78 Å². The summed E-state index contributed by atoms with van der Waals surface area (Å²) < 4.78 is 1.86. The fourth-order valence-electron chi connectivity index (χ4n) is 3.91. The van der Waals surface area contributed by atoms with Gasteiger partial charge in [0.1, 0.15) is 12.1 Å². The lowest BCUT2D eigenvalue weighted by molar-refractivity contribution is 0.355. The van der Waals surface area contributed by atoms with Gasteiger partial charge in [0.2, 0.25) is 0 Å². The zero-order chi connectivity index (χ0) is 13.9. The summed E-state index contributed by atoms with van der Waals surface area (Å²) in [5, 5.41) is 7.87. The molecule has 2 aliphatic rings. The summed E-state index contributed by atoms with van der Waals surface area (Å²) in [5.41, 5.74) is 1.12. The fraction of sp³-hybridized carbons (Fsp3) is 0.643. The Labute approximate surface area is 118 Å². The normalized spacial score (nSPS) is 28.2. The van der Waals surface area contributed by atoms with Crippen molar-refractivity contribution >= 4 is 11.6 Å². The van der Waals surface area contributed by atoms with Crippen molar-refractivity contribution < 1.29 is 0 Å². The van der Waals surface area contributed by atoms with E-state index in [9.17, 15) is 0 Å². The molecule has 6 heteroatoms. The molecule has 0 aliphatic carbocycles. The van der Waals surface area contributed by atoms with Crippen LogP contribution in [0.15, 0.2) is 12.4 Å². The van der Waals surface area contributed by atoms with Gasteiger partial charge in [-0.25, -0.2) is 4.98 Å². The Kier molecular flexibility index (Phi) is 2.36.